The molecule has 3 rings (SSSR count). The van der Waals surface area contributed by atoms with Gasteiger partial charge in [-0.15, -0.1) is 0 Å². The minimum absolute atomic E-state index is 0.109. The molecule has 2 fully saturated rings. The number of fused-ring (bicyclic) bond motifs is 1. The SMILES string of the molecule is CCC(F)(F)C(=O)/C=C/[C@H]1C(OC(=O)c2ccccc2)C[C@@H]2OC(=O)C[C@@H]21. The summed E-state index contributed by atoms with van der Waals surface area (Å²) in [5, 5.41) is 0. The largest absolute Gasteiger partial charge is 0.462 e. The Balaban J connectivity index is 1.77. The molecule has 7 heteroatoms. The first kappa shape index (κ1) is 19.2. The van der Waals surface area contributed by atoms with Gasteiger partial charge >= 0.3 is 17.9 Å². The van der Waals surface area contributed by atoms with Crippen molar-refractivity contribution < 1.29 is 32.6 Å². The number of carbonyl (C=O) groups excluding carboxylic acids is 3. The molecule has 0 radical (unpaired) electrons. The average molecular weight is 378 g/mol. The molecule has 0 aromatic heterocycles. The summed E-state index contributed by atoms with van der Waals surface area (Å²) < 4.78 is 37.8. The van der Waals surface area contributed by atoms with Crippen LogP contribution in [0.15, 0.2) is 42.5 Å². The normalized spacial score (nSPS) is 27.4. The van der Waals surface area contributed by atoms with Crippen molar-refractivity contribution in [1.82, 2.24) is 0 Å². The first-order chi connectivity index (χ1) is 12.8. The van der Waals surface area contributed by atoms with Gasteiger partial charge in [0.25, 0.3) is 0 Å². The molecule has 27 heavy (non-hydrogen) atoms. The van der Waals surface area contributed by atoms with Crippen LogP contribution in [0.2, 0.25) is 0 Å². The monoisotopic (exact) mass is 378 g/mol. The molecule has 1 unspecified atom stereocenters. The van der Waals surface area contributed by atoms with E-state index < -0.39 is 42.2 Å². The molecule has 0 bridgehead atoms. The van der Waals surface area contributed by atoms with Crippen LogP contribution in [-0.4, -0.2) is 35.9 Å². The third kappa shape index (κ3) is 4.07. The van der Waals surface area contributed by atoms with Gasteiger partial charge in [-0.25, -0.2) is 4.79 Å². The summed E-state index contributed by atoms with van der Waals surface area (Å²) in [6.07, 6.45) is 0.868. The summed E-state index contributed by atoms with van der Waals surface area (Å²) in [5.41, 5.74) is 0.364. The van der Waals surface area contributed by atoms with Crippen LogP contribution >= 0.6 is 0 Å². The van der Waals surface area contributed by atoms with Crippen LogP contribution in [-0.2, 0) is 19.1 Å². The highest BCUT2D eigenvalue weighted by Gasteiger charge is 2.51. The lowest BCUT2D eigenvalue weighted by atomic mass is 9.91. The van der Waals surface area contributed by atoms with Crippen LogP contribution in [0.25, 0.3) is 0 Å². The number of alkyl halides is 2. The molecule has 4 atom stereocenters. The minimum Gasteiger partial charge on any atom is -0.462 e. The van der Waals surface area contributed by atoms with E-state index >= 15 is 0 Å². The lowest BCUT2D eigenvalue weighted by molar-refractivity contribution is -0.142. The Hall–Kier alpha value is -2.57. The molecule has 0 amide bonds. The van der Waals surface area contributed by atoms with Crippen molar-refractivity contribution in [2.24, 2.45) is 11.8 Å². The standard InChI is InChI=1S/C20H20F2O5/c1-2-20(21,22)17(23)9-8-13-14-10-18(24)26-16(14)11-15(13)27-19(25)12-6-4-3-5-7-12/h3-9,13-16H,2,10-11H2,1H3/b9-8+/t13-,14-,15?,16+/m1/s1. The van der Waals surface area contributed by atoms with Gasteiger partial charge in [0, 0.05) is 24.7 Å². The number of hydrogen-bond donors (Lipinski definition) is 0. The van der Waals surface area contributed by atoms with E-state index in [0.717, 1.165) is 6.08 Å². The number of allylic oxidation sites excluding steroid dienone is 1. The summed E-state index contributed by atoms with van der Waals surface area (Å²) in [6.45, 7) is 1.23. The number of benzene rings is 1. The van der Waals surface area contributed by atoms with Crippen molar-refractivity contribution in [1.29, 1.82) is 0 Å². The molecule has 144 valence electrons. The second-order valence-corrected chi connectivity index (χ2v) is 6.80. The number of hydrogen-bond acceptors (Lipinski definition) is 5. The van der Waals surface area contributed by atoms with Gasteiger partial charge in [-0.2, -0.15) is 8.78 Å². The van der Waals surface area contributed by atoms with E-state index in [0.29, 0.717) is 5.56 Å². The van der Waals surface area contributed by atoms with Crippen molar-refractivity contribution in [3.63, 3.8) is 0 Å². The van der Waals surface area contributed by atoms with Crippen LogP contribution in [0.1, 0.15) is 36.5 Å². The fraction of sp³-hybridized carbons (Fsp3) is 0.450. The number of carbonyl (C=O) groups is 3. The quantitative estimate of drug-likeness (QED) is 0.561. The maximum atomic E-state index is 13.5. The molecule has 2 aliphatic rings. The van der Waals surface area contributed by atoms with Crippen molar-refractivity contribution in [2.75, 3.05) is 0 Å². The third-order valence-corrected chi connectivity index (χ3v) is 5.09. The summed E-state index contributed by atoms with van der Waals surface area (Å²) >= 11 is 0. The highest BCUT2D eigenvalue weighted by Crippen LogP contribution is 2.43. The smallest absolute Gasteiger partial charge is 0.338 e. The van der Waals surface area contributed by atoms with Gasteiger partial charge in [0.15, 0.2) is 0 Å². The van der Waals surface area contributed by atoms with E-state index in [1.54, 1.807) is 30.3 Å². The molecule has 1 aliphatic carbocycles. The van der Waals surface area contributed by atoms with Crippen molar-refractivity contribution in [3.8, 4) is 0 Å². The first-order valence-electron chi connectivity index (χ1n) is 8.87. The van der Waals surface area contributed by atoms with E-state index in [9.17, 15) is 23.2 Å². The molecule has 1 saturated carbocycles. The Morgan fingerprint density at radius 2 is 2.00 bits per heavy atom. The average Bonchev–Trinajstić information content (AvgIpc) is 3.16. The van der Waals surface area contributed by atoms with Gasteiger partial charge in [-0.3, -0.25) is 9.59 Å². The topological polar surface area (TPSA) is 69.7 Å². The number of esters is 2. The molecule has 1 aromatic carbocycles. The molecule has 0 spiro atoms. The van der Waals surface area contributed by atoms with Gasteiger partial charge in [0.2, 0.25) is 5.78 Å². The number of halogens is 2. The van der Waals surface area contributed by atoms with E-state index in [2.05, 4.69) is 0 Å². The minimum atomic E-state index is -3.44. The van der Waals surface area contributed by atoms with E-state index in [4.69, 9.17) is 9.47 Å². The van der Waals surface area contributed by atoms with Crippen LogP contribution in [0.4, 0.5) is 8.78 Å². The molecule has 1 saturated heterocycles. The predicted octanol–water partition coefficient (Wildman–Crippen LogP) is 3.33. The Morgan fingerprint density at radius 3 is 2.67 bits per heavy atom. The first-order valence-corrected chi connectivity index (χ1v) is 8.87. The van der Waals surface area contributed by atoms with Crippen LogP contribution < -0.4 is 0 Å². The number of ether oxygens (including phenoxy) is 2. The highest BCUT2D eigenvalue weighted by molar-refractivity contribution is 5.95. The fourth-order valence-corrected chi connectivity index (χ4v) is 3.56. The maximum absolute atomic E-state index is 13.5. The molecule has 1 heterocycles. The Bertz CT molecular complexity index is 759. The summed E-state index contributed by atoms with van der Waals surface area (Å²) in [5.74, 6) is -6.49. The van der Waals surface area contributed by atoms with Crippen molar-refractivity contribution >= 4 is 17.7 Å². The van der Waals surface area contributed by atoms with E-state index in [-0.39, 0.29) is 24.7 Å². The number of rotatable bonds is 6. The summed E-state index contributed by atoms with van der Waals surface area (Å²) in [7, 11) is 0. The zero-order valence-electron chi connectivity index (χ0n) is 14.8. The number of ketones is 1. The zero-order chi connectivity index (χ0) is 19.6. The summed E-state index contributed by atoms with van der Waals surface area (Å²) in [6, 6.07) is 8.37. The fourth-order valence-electron chi connectivity index (χ4n) is 3.56. The van der Waals surface area contributed by atoms with Gasteiger partial charge in [-0.05, 0) is 18.2 Å². The van der Waals surface area contributed by atoms with E-state index in [1.165, 1.54) is 13.0 Å². The van der Waals surface area contributed by atoms with E-state index in [1.807, 2.05) is 0 Å². The molecule has 1 aliphatic heterocycles. The molecular weight excluding hydrogens is 358 g/mol. The lowest BCUT2D eigenvalue weighted by Crippen LogP contribution is -2.27. The van der Waals surface area contributed by atoms with Crippen molar-refractivity contribution in [2.45, 2.75) is 44.3 Å². The molecule has 5 nitrogen and oxygen atoms in total. The third-order valence-electron chi connectivity index (χ3n) is 5.09. The zero-order valence-corrected chi connectivity index (χ0v) is 14.8. The molecule has 1 aromatic rings. The van der Waals surface area contributed by atoms with Gasteiger partial charge in [0.1, 0.15) is 12.2 Å². The second-order valence-electron chi connectivity index (χ2n) is 6.80. The van der Waals surface area contributed by atoms with Crippen LogP contribution in [0, 0.1) is 11.8 Å². The van der Waals surface area contributed by atoms with Crippen LogP contribution in [0.5, 0.6) is 0 Å². The van der Waals surface area contributed by atoms with Crippen molar-refractivity contribution in [3.05, 3.63) is 48.0 Å². The molecular formula is C20H20F2O5. The lowest BCUT2D eigenvalue weighted by Gasteiger charge is -2.20. The Kier molecular flexibility index (Phi) is 5.39. The van der Waals surface area contributed by atoms with Gasteiger partial charge < -0.3 is 9.47 Å². The van der Waals surface area contributed by atoms with Crippen LogP contribution in [0.3, 0.4) is 0 Å². The molecule has 0 N–H and O–H groups in total. The summed E-state index contributed by atoms with van der Waals surface area (Å²) in [4.78, 5) is 35.6. The maximum Gasteiger partial charge on any atom is 0.338 e. The second kappa shape index (κ2) is 7.58. The highest BCUT2D eigenvalue weighted by atomic mass is 19.3. The predicted molar refractivity (Wildman–Crippen MR) is 91.1 cm³/mol. The Labute approximate surface area is 155 Å². The van der Waals surface area contributed by atoms with Gasteiger partial charge in [0.05, 0.1) is 12.0 Å². The Morgan fingerprint density at radius 1 is 1.30 bits per heavy atom. The van der Waals surface area contributed by atoms with Gasteiger partial charge in [-0.1, -0.05) is 31.2 Å².